The van der Waals surface area contributed by atoms with Crippen LogP contribution in [0.1, 0.15) is 0 Å². The molecule has 0 aliphatic carbocycles. The molecule has 0 fully saturated rings. The van der Waals surface area contributed by atoms with E-state index in [-0.39, 0.29) is 12.5 Å². The van der Waals surface area contributed by atoms with Crippen LogP contribution in [0.3, 0.4) is 0 Å². The van der Waals surface area contributed by atoms with Gasteiger partial charge in [0.25, 0.3) is 0 Å². The average Bonchev–Trinajstić information content (AvgIpc) is 2.54. The number of benzene rings is 1. The van der Waals surface area contributed by atoms with Crippen LogP contribution in [-0.2, 0) is 14.3 Å². The molecule has 1 aromatic heterocycles. The van der Waals surface area contributed by atoms with Crippen molar-refractivity contribution in [2.75, 3.05) is 37.6 Å². The lowest BCUT2D eigenvalue weighted by Gasteiger charge is -2.12. The SMILES string of the molecule is COCCOCC(=O)Nc1cnccc1Nc1ccccc1. The first-order valence-electron chi connectivity index (χ1n) is 6.92. The lowest BCUT2D eigenvalue weighted by molar-refractivity contribution is -0.121. The molecule has 0 aliphatic rings. The highest BCUT2D eigenvalue weighted by atomic mass is 16.5. The molecular weight excluding hydrogens is 282 g/mol. The summed E-state index contributed by atoms with van der Waals surface area (Å²) in [4.78, 5) is 15.9. The zero-order chi connectivity index (χ0) is 15.6. The Morgan fingerprint density at radius 3 is 2.73 bits per heavy atom. The normalized spacial score (nSPS) is 10.2. The number of hydrogen-bond acceptors (Lipinski definition) is 5. The van der Waals surface area contributed by atoms with Crippen LogP contribution in [0.2, 0.25) is 0 Å². The quantitative estimate of drug-likeness (QED) is 0.733. The number of para-hydroxylation sites is 1. The Hall–Kier alpha value is -2.44. The summed E-state index contributed by atoms with van der Waals surface area (Å²) in [5.41, 5.74) is 2.30. The summed E-state index contributed by atoms with van der Waals surface area (Å²) in [6.07, 6.45) is 3.26. The Morgan fingerprint density at radius 2 is 1.95 bits per heavy atom. The van der Waals surface area contributed by atoms with Crippen LogP contribution < -0.4 is 10.6 Å². The van der Waals surface area contributed by atoms with Gasteiger partial charge in [0.05, 0.1) is 30.8 Å². The fourth-order valence-corrected chi connectivity index (χ4v) is 1.77. The van der Waals surface area contributed by atoms with E-state index < -0.39 is 0 Å². The fraction of sp³-hybridized carbons (Fsp3) is 0.250. The summed E-state index contributed by atoms with van der Waals surface area (Å²) >= 11 is 0. The molecule has 0 bridgehead atoms. The number of pyridine rings is 1. The number of amides is 1. The largest absolute Gasteiger partial charge is 0.382 e. The zero-order valence-corrected chi connectivity index (χ0v) is 12.4. The molecule has 0 aliphatic heterocycles. The van der Waals surface area contributed by atoms with Gasteiger partial charge in [0.1, 0.15) is 6.61 Å². The number of nitrogens with one attached hydrogen (secondary N) is 2. The van der Waals surface area contributed by atoms with E-state index in [9.17, 15) is 4.79 Å². The number of hydrogen-bond donors (Lipinski definition) is 2. The van der Waals surface area contributed by atoms with E-state index in [0.717, 1.165) is 11.4 Å². The molecule has 22 heavy (non-hydrogen) atoms. The molecule has 0 atom stereocenters. The van der Waals surface area contributed by atoms with Gasteiger partial charge in [-0.1, -0.05) is 18.2 Å². The molecule has 116 valence electrons. The number of carbonyl (C=O) groups is 1. The Bertz CT molecular complexity index is 590. The van der Waals surface area contributed by atoms with Crippen molar-refractivity contribution in [3.05, 3.63) is 48.8 Å². The average molecular weight is 301 g/mol. The Balaban J connectivity index is 1.95. The van der Waals surface area contributed by atoms with E-state index in [2.05, 4.69) is 15.6 Å². The van der Waals surface area contributed by atoms with Gasteiger partial charge in [-0.05, 0) is 18.2 Å². The molecule has 0 spiro atoms. The maximum absolute atomic E-state index is 11.8. The van der Waals surface area contributed by atoms with Gasteiger partial charge in [-0.2, -0.15) is 0 Å². The maximum Gasteiger partial charge on any atom is 0.250 e. The lowest BCUT2D eigenvalue weighted by Crippen LogP contribution is -2.20. The zero-order valence-electron chi connectivity index (χ0n) is 12.4. The summed E-state index contributed by atoms with van der Waals surface area (Å²) in [5.74, 6) is -0.236. The minimum Gasteiger partial charge on any atom is -0.382 e. The highest BCUT2D eigenvalue weighted by molar-refractivity contribution is 5.95. The molecule has 2 aromatic rings. The van der Waals surface area contributed by atoms with E-state index in [1.165, 1.54) is 0 Å². The first-order valence-corrected chi connectivity index (χ1v) is 6.92. The van der Waals surface area contributed by atoms with E-state index >= 15 is 0 Å². The van der Waals surface area contributed by atoms with Gasteiger partial charge < -0.3 is 20.1 Å². The van der Waals surface area contributed by atoms with Gasteiger partial charge in [-0.25, -0.2) is 0 Å². The van der Waals surface area contributed by atoms with Gasteiger partial charge in [0.15, 0.2) is 0 Å². The van der Waals surface area contributed by atoms with Gasteiger partial charge in [0.2, 0.25) is 5.91 Å². The topological polar surface area (TPSA) is 72.5 Å². The smallest absolute Gasteiger partial charge is 0.250 e. The second-order valence-corrected chi connectivity index (χ2v) is 4.51. The predicted octanol–water partition coefficient (Wildman–Crippen LogP) is 2.43. The van der Waals surface area contributed by atoms with Crippen LogP contribution in [0, 0.1) is 0 Å². The van der Waals surface area contributed by atoms with E-state index in [4.69, 9.17) is 9.47 Å². The van der Waals surface area contributed by atoms with Gasteiger partial charge in [-0.15, -0.1) is 0 Å². The third kappa shape index (κ3) is 5.16. The fourth-order valence-electron chi connectivity index (χ4n) is 1.77. The van der Waals surface area contributed by atoms with E-state index in [0.29, 0.717) is 18.9 Å². The molecule has 0 unspecified atom stereocenters. The molecule has 0 radical (unpaired) electrons. The van der Waals surface area contributed by atoms with Crippen molar-refractivity contribution >= 4 is 23.0 Å². The number of nitrogens with zero attached hydrogens (tertiary/aromatic N) is 1. The first-order chi connectivity index (χ1) is 10.8. The van der Waals surface area contributed by atoms with E-state index in [1.807, 2.05) is 30.3 Å². The molecule has 0 saturated heterocycles. The lowest BCUT2D eigenvalue weighted by atomic mass is 10.3. The van der Waals surface area contributed by atoms with Crippen LogP contribution in [0.5, 0.6) is 0 Å². The second-order valence-electron chi connectivity index (χ2n) is 4.51. The van der Waals surface area contributed by atoms with Crippen molar-refractivity contribution in [3.8, 4) is 0 Å². The molecule has 1 amide bonds. The van der Waals surface area contributed by atoms with Crippen LogP contribution in [0.25, 0.3) is 0 Å². The van der Waals surface area contributed by atoms with Crippen molar-refractivity contribution in [2.45, 2.75) is 0 Å². The minimum atomic E-state index is -0.236. The van der Waals surface area contributed by atoms with Crippen molar-refractivity contribution in [3.63, 3.8) is 0 Å². The van der Waals surface area contributed by atoms with E-state index in [1.54, 1.807) is 25.6 Å². The Kier molecular flexibility index (Phi) is 6.35. The van der Waals surface area contributed by atoms with Crippen LogP contribution in [0.15, 0.2) is 48.8 Å². The Labute approximate surface area is 129 Å². The van der Waals surface area contributed by atoms with Crippen LogP contribution >= 0.6 is 0 Å². The highest BCUT2D eigenvalue weighted by Crippen LogP contribution is 2.23. The molecule has 6 heteroatoms. The number of carbonyl (C=O) groups excluding carboxylic acids is 1. The Morgan fingerprint density at radius 1 is 1.14 bits per heavy atom. The van der Waals surface area contributed by atoms with Crippen molar-refractivity contribution < 1.29 is 14.3 Å². The number of methoxy groups -OCH3 is 1. The summed E-state index contributed by atoms with van der Waals surface area (Å²) in [6.45, 7) is 0.816. The molecule has 1 heterocycles. The van der Waals surface area contributed by atoms with Gasteiger partial charge in [-0.3, -0.25) is 9.78 Å². The third-order valence-corrected chi connectivity index (χ3v) is 2.81. The monoisotopic (exact) mass is 301 g/mol. The molecule has 2 rings (SSSR count). The standard InChI is InChI=1S/C16H19N3O3/c1-21-9-10-22-12-16(20)19-15-11-17-8-7-14(15)18-13-5-3-2-4-6-13/h2-8,11H,9-10,12H2,1H3,(H,17,18)(H,19,20). The summed E-state index contributed by atoms with van der Waals surface area (Å²) in [5, 5.41) is 6.02. The summed E-state index contributed by atoms with van der Waals surface area (Å²) < 4.78 is 10.0. The van der Waals surface area contributed by atoms with Gasteiger partial charge in [0, 0.05) is 19.0 Å². The number of aromatic nitrogens is 1. The summed E-state index contributed by atoms with van der Waals surface area (Å²) in [7, 11) is 1.58. The molecule has 1 aromatic carbocycles. The van der Waals surface area contributed by atoms with Crippen molar-refractivity contribution in [1.29, 1.82) is 0 Å². The first kappa shape index (κ1) is 15.9. The summed E-state index contributed by atoms with van der Waals surface area (Å²) in [6, 6.07) is 11.5. The highest BCUT2D eigenvalue weighted by Gasteiger charge is 2.07. The second kappa shape index (κ2) is 8.76. The predicted molar refractivity (Wildman–Crippen MR) is 85.3 cm³/mol. The molecule has 2 N–H and O–H groups in total. The number of anilines is 3. The van der Waals surface area contributed by atoms with Crippen molar-refractivity contribution in [2.24, 2.45) is 0 Å². The van der Waals surface area contributed by atoms with Gasteiger partial charge >= 0.3 is 0 Å². The van der Waals surface area contributed by atoms with Crippen molar-refractivity contribution in [1.82, 2.24) is 4.98 Å². The van der Waals surface area contributed by atoms with Crippen LogP contribution in [-0.4, -0.2) is 37.8 Å². The molecular formula is C16H19N3O3. The minimum absolute atomic E-state index is 0.0248. The number of ether oxygens (including phenoxy) is 2. The molecule has 0 saturated carbocycles. The van der Waals surface area contributed by atoms with Crippen LogP contribution in [0.4, 0.5) is 17.1 Å². The maximum atomic E-state index is 11.8. The third-order valence-electron chi connectivity index (χ3n) is 2.81. The molecule has 6 nitrogen and oxygen atoms in total. The number of rotatable bonds is 8.